The minimum absolute atomic E-state index is 0.347. The third-order valence-electron chi connectivity index (χ3n) is 3.23. The molecular weight excluding hydrogens is 303 g/mol. The Morgan fingerprint density at radius 2 is 1.83 bits per heavy atom. The molecule has 0 saturated carbocycles. The van der Waals surface area contributed by atoms with Gasteiger partial charge in [-0.1, -0.05) is 49.1 Å². The molecule has 0 aliphatic carbocycles. The molecular formula is C18H18F3NO. The first-order chi connectivity index (χ1) is 11.0. The summed E-state index contributed by atoms with van der Waals surface area (Å²) in [5.74, 6) is 0.740. The fraction of sp³-hybridized carbons (Fsp3) is 0.222. The fourth-order valence-electron chi connectivity index (χ4n) is 2.14. The number of halogens is 3. The van der Waals surface area contributed by atoms with E-state index in [0.717, 1.165) is 23.4 Å². The predicted octanol–water partition coefficient (Wildman–Crippen LogP) is 4.56. The molecule has 2 rings (SSSR count). The maximum absolute atomic E-state index is 12.7. The van der Waals surface area contributed by atoms with Crippen molar-refractivity contribution in [3.63, 3.8) is 0 Å². The van der Waals surface area contributed by atoms with Gasteiger partial charge in [0.25, 0.3) is 0 Å². The van der Waals surface area contributed by atoms with Crippen LogP contribution in [0.1, 0.15) is 16.7 Å². The van der Waals surface area contributed by atoms with E-state index < -0.39 is 11.7 Å². The maximum atomic E-state index is 12.7. The van der Waals surface area contributed by atoms with Gasteiger partial charge in [0.1, 0.15) is 12.4 Å². The molecule has 2 aromatic carbocycles. The summed E-state index contributed by atoms with van der Waals surface area (Å²) in [6.45, 7) is 4.86. The summed E-state index contributed by atoms with van der Waals surface area (Å²) in [6.07, 6.45) is -2.66. The number of ether oxygens (including phenoxy) is 1. The summed E-state index contributed by atoms with van der Waals surface area (Å²) >= 11 is 0. The highest BCUT2D eigenvalue weighted by Gasteiger charge is 2.30. The fourth-order valence-corrected chi connectivity index (χ4v) is 2.14. The molecule has 0 aliphatic rings. The van der Waals surface area contributed by atoms with Gasteiger partial charge in [0, 0.05) is 18.7 Å². The van der Waals surface area contributed by atoms with Crippen molar-refractivity contribution in [1.82, 2.24) is 5.32 Å². The molecule has 0 saturated heterocycles. The quantitative estimate of drug-likeness (QED) is 0.755. The van der Waals surface area contributed by atoms with Crippen LogP contribution in [0.15, 0.2) is 61.2 Å². The molecule has 2 nitrogen and oxygen atoms in total. The average molecular weight is 321 g/mol. The van der Waals surface area contributed by atoms with Gasteiger partial charge < -0.3 is 10.1 Å². The lowest BCUT2D eigenvalue weighted by Crippen LogP contribution is -2.14. The molecule has 2 aromatic rings. The number of benzene rings is 2. The second-order valence-corrected chi connectivity index (χ2v) is 5.01. The smallest absolute Gasteiger partial charge is 0.416 e. The Labute approximate surface area is 133 Å². The highest BCUT2D eigenvalue weighted by atomic mass is 19.4. The van der Waals surface area contributed by atoms with Gasteiger partial charge in [0.05, 0.1) is 5.56 Å². The van der Waals surface area contributed by atoms with Crippen LogP contribution < -0.4 is 10.1 Å². The summed E-state index contributed by atoms with van der Waals surface area (Å²) in [4.78, 5) is 0. The van der Waals surface area contributed by atoms with Crippen molar-refractivity contribution in [3.8, 4) is 5.75 Å². The molecule has 122 valence electrons. The Balaban J connectivity index is 1.96. The molecule has 0 spiro atoms. The van der Waals surface area contributed by atoms with Crippen molar-refractivity contribution in [2.24, 2.45) is 0 Å². The molecule has 23 heavy (non-hydrogen) atoms. The number of alkyl halides is 3. The Bertz CT molecular complexity index is 653. The van der Waals surface area contributed by atoms with Crippen molar-refractivity contribution in [3.05, 3.63) is 77.9 Å². The Morgan fingerprint density at radius 3 is 2.57 bits per heavy atom. The molecule has 0 radical (unpaired) electrons. The van der Waals surface area contributed by atoms with E-state index in [1.54, 1.807) is 12.1 Å². The van der Waals surface area contributed by atoms with E-state index >= 15 is 0 Å². The molecule has 1 N–H and O–H groups in total. The van der Waals surface area contributed by atoms with E-state index in [4.69, 9.17) is 4.74 Å². The zero-order chi connectivity index (χ0) is 16.7. The minimum atomic E-state index is -4.32. The molecule has 0 fully saturated rings. The molecule has 0 aromatic heterocycles. The van der Waals surface area contributed by atoms with Gasteiger partial charge in [-0.2, -0.15) is 13.2 Å². The van der Waals surface area contributed by atoms with E-state index in [1.807, 2.05) is 24.3 Å². The van der Waals surface area contributed by atoms with Crippen molar-refractivity contribution >= 4 is 0 Å². The lowest BCUT2D eigenvalue weighted by molar-refractivity contribution is -0.137. The van der Waals surface area contributed by atoms with Gasteiger partial charge in [-0.15, -0.1) is 0 Å². The topological polar surface area (TPSA) is 21.3 Å². The van der Waals surface area contributed by atoms with E-state index in [0.29, 0.717) is 25.3 Å². The van der Waals surface area contributed by atoms with Crippen molar-refractivity contribution in [2.45, 2.75) is 19.3 Å². The van der Waals surface area contributed by atoms with Gasteiger partial charge in [0.2, 0.25) is 0 Å². The molecule has 0 aliphatic heterocycles. The largest absolute Gasteiger partial charge is 0.489 e. The number of rotatable bonds is 7. The predicted molar refractivity (Wildman–Crippen MR) is 84.1 cm³/mol. The zero-order valence-corrected chi connectivity index (χ0v) is 12.6. The van der Waals surface area contributed by atoms with E-state index in [2.05, 4.69) is 11.9 Å². The van der Waals surface area contributed by atoms with Crippen LogP contribution in [-0.2, 0) is 19.3 Å². The molecule has 5 heteroatoms. The Morgan fingerprint density at radius 1 is 1.04 bits per heavy atom. The van der Waals surface area contributed by atoms with Crippen LogP contribution in [0, 0.1) is 0 Å². The van der Waals surface area contributed by atoms with Gasteiger partial charge in [-0.05, 0) is 17.7 Å². The Hall–Kier alpha value is -2.27. The number of hydrogen-bond acceptors (Lipinski definition) is 2. The number of nitrogens with one attached hydrogen (secondary N) is 1. The van der Waals surface area contributed by atoms with E-state index in [9.17, 15) is 13.2 Å². The van der Waals surface area contributed by atoms with Gasteiger partial charge in [-0.3, -0.25) is 0 Å². The summed E-state index contributed by atoms with van der Waals surface area (Å²) in [5, 5.41) is 3.14. The van der Waals surface area contributed by atoms with Crippen LogP contribution in [0.3, 0.4) is 0 Å². The van der Waals surface area contributed by atoms with Crippen molar-refractivity contribution in [1.29, 1.82) is 0 Å². The first-order valence-electron chi connectivity index (χ1n) is 7.19. The minimum Gasteiger partial charge on any atom is -0.489 e. The van der Waals surface area contributed by atoms with E-state index in [-0.39, 0.29) is 0 Å². The average Bonchev–Trinajstić information content (AvgIpc) is 2.53. The van der Waals surface area contributed by atoms with E-state index in [1.165, 1.54) is 6.07 Å². The Kier molecular flexibility index (Phi) is 5.82. The summed E-state index contributed by atoms with van der Waals surface area (Å²) in [7, 11) is 0. The van der Waals surface area contributed by atoms with Gasteiger partial charge >= 0.3 is 6.18 Å². The first-order valence-corrected chi connectivity index (χ1v) is 7.19. The SMILES string of the molecule is C=CCOc1ccccc1CNCc1cccc(C(F)(F)F)c1. The molecule has 0 amide bonds. The molecule has 0 atom stereocenters. The van der Waals surface area contributed by atoms with Crippen LogP contribution in [0.5, 0.6) is 5.75 Å². The normalized spacial score (nSPS) is 11.3. The molecule has 0 bridgehead atoms. The third-order valence-corrected chi connectivity index (χ3v) is 3.23. The highest BCUT2D eigenvalue weighted by molar-refractivity contribution is 5.33. The summed E-state index contributed by atoms with van der Waals surface area (Å²) in [5.41, 5.74) is 0.900. The lowest BCUT2D eigenvalue weighted by atomic mass is 10.1. The van der Waals surface area contributed by atoms with Gasteiger partial charge in [0.15, 0.2) is 0 Å². The molecule has 0 unspecified atom stereocenters. The lowest BCUT2D eigenvalue weighted by Gasteiger charge is -2.12. The van der Waals surface area contributed by atoms with Crippen molar-refractivity contribution in [2.75, 3.05) is 6.61 Å². The second-order valence-electron chi connectivity index (χ2n) is 5.01. The standard InChI is InChI=1S/C18H18F3NO/c1-2-10-23-17-9-4-3-7-15(17)13-22-12-14-6-5-8-16(11-14)18(19,20)21/h2-9,11,22H,1,10,12-13H2. The summed E-state index contributed by atoms with van der Waals surface area (Å²) in [6, 6.07) is 12.8. The maximum Gasteiger partial charge on any atom is 0.416 e. The van der Waals surface area contributed by atoms with Crippen molar-refractivity contribution < 1.29 is 17.9 Å². The second kappa shape index (κ2) is 7.83. The van der Waals surface area contributed by atoms with Crippen LogP contribution in [0.25, 0.3) is 0 Å². The highest BCUT2D eigenvalue weighted by Crippen LogP contribution is 2.29. The third kappa shape index (κ3) is 5.14. The zero-order valence-electron chi connectivity index (χ0n) is 12.6. The number of para-hydroxylation sites is 1. The number of hydrogen-bond donors (Lipinski definition) is 1. The van der Waals surface area contributed by atoms with Crippen LogP contribution in [0.2, 0.25) is 0 Å². The van der Waals surface area contributed by atoms with Gasteiger partial charge in [-0.25, -0.2) is 0 Å². The monoisotopic (exact) mass is 321 g/mol. The summed E-state index contributed by atoms with van der Waals surface area (Å²) < 4.78 is 43.6. The van der Waals surface area contributed by atoms with Crippen LogP contribution in [-0.4, -0.2) is 6.61 Å². The van der Waals surface area contributed by atoms with Crippen LogP contribution >= 0.6 is 0 Å². The van der Waals surface area contributed by atoms with Crippen LogP contribution in [0.4, 0.5) is 13.2 Å². The molecule has 0 heterocycles. The first kappa shape index (κ1) is 17.1.